The number of halogens is 3. The van der Waals surface area contributed by atoms with E-state index >= 15 is 0 Å². The summed E-state index contributed by atoms with van der Waals surface area (Å²) in [4.78, 5) is 27.4. The normalized spacial score (nSPS) is 11.8. The molecule has 0 unspecified atom stereocenters. The second kappa shape index (κ2) is 6.94. The van der Waals surface area contributed by atoms with Gasteiger partial charge in [-0.2, -0.15) is 18.2 Å². The molecule has 0 radical (unpaired) electrons. The predicted molar refractivity (Wildman–Crippen MR) is 89.9 cm³/mol. The molecule has 9 heteroatoms. The van der Waals surface area contributed by atoms with E-state index < -0.39 is 23.5 Å². The number of nitrogens with zero attached hydrogens (tertiary/aromatic N) is 1. The van der Waals surface area contributed by atoms with Crippen LogP contribution in [0.15, 0.2) is 51.7 Å². The third-order valence-electron chi connectivity index (χ3n) is 3.51. The van der Waals surface area contributed by atoms with E-state index in [1.54, 1.807) is 29.2 Å². The Bertz CT molecular complexity index is 1080. The van der Waals surface area contributed by atoms with Gasteiger partial charge in [-0.25, -0.2) is 9.59 Å². The summed E-state index contributed by atoms with van der Waals surface area (Å²) < 4.78 is 43.7. The molecule has 0 bridgehead atoms. The number of H-pyrrole nitrogens is 1. The minimum atomic E-state index is -4.70. The Kier molecular flexibility index (Phi) is 4.68. The van der Waals surface area contributed by atoms with E-state index in [1.807, 2.05) is 0 Å². The number of hydrogen-bond acceptors (Lipinski definition) is 4. The summed E-state index contributed by atoms with van der Waals surface area (Å²) >= 11 is 0. The molecule has 0 saturated heterocycles. The summed E-state index contributed by atoms with van der Waals surface area (Å²) in [5.41, 5.74) is -1.88. The van der Waals surface area contributed by atoms with Crippen molar-refractivity contribution in [2.45, 2.75) is 6.18 Å². The lowest BCUT2D eigenvalue weighted by molar-refractivity contribution is -0.141. The summed E-state index contributed by atoms with van der Waals surface area (Å²) in [5.74, 6) is -0.404. The quantitative estimate of drug-likeness (QED) is 0.720. The summed E-state index contributed by atoms with van der Waals surface area (Å²) in [5, 5.41) is 9.02. The number of nitrogens with one attached hydrogen (secondary N) is 1. The van der Waals surface area contributed by atoms with Crippen molar-refractivity contribution in [1.29, 1.82) is 0 Å². The molecule has 0 amide bonds. The summed E-state index contributed by atoms with van der Waals surface area (Å²) in [6, 6.07) is 9.94. The van der Waals surface area contributed by atoms with E-state index in [9.17, 15) is 22.8 Å². The number of hydrogen-bond donors (Lipinski definition) is 2. The molecule has 3 aromatic rings. The molecular formula is C18H11F3N2O4. The highest BCUT2D eigenvalue weighted by molar-refractivity contribution is 5.89. The van der Waals surface area contributed by atoms with Crippen LogP contribution in [0.1, 0.15) is 27.5 Å². The zero-order chi connectivity index (χ0) is 19.6. The second-order valence-electron chi connectivity index (χ2n) is 5.44. The van der Waals surface area contributed by atoms with E-state index in [0.717, 1.165) is 0 Å². The second-order valence-corrected chi connectivity index (χ2v) is 5.44. The summed E-state index contributed by atoms with van der Waals surface area (Å²) in [6.45, 7) is 0. The van der Waals surface area contributed by atoms with Crippen LogP contribution in [0.2, 0.25) is 0 Å². The van der Waals surface area contributed by atoms with Crippen LogP contribution in [-0.4, -0.2) is 21.0 Å². The SMILES string of the molecule is O=C(O)c1cccc(-c2ccc(/C=C/c3cc(C(F)(F)F)[nH]c(=O)n3)o2)c1. The van der Waals surface area contributed by atoms with Gasteiger partial charge in [0.15, 0.2) is 0 Å². The zero-order valence-electron chi connectivity index (χ0n) is 13.4. The highest BCUT2D eigenvalue weighted by Crippen LogP contribution is 2.27. The van der Waals surface area contributed by atoms with Gasteiger partial charge in [-0.05, 0) is 42.5 Å². The van der Waals surface area contributed by atoms with Crippen LogP contribution >= 0.6 is 0 Å². The fourth-order valence-corrected chi connectivity index (χ4v) is 2.29. The number of carboxylic acid groups (broad SMARTS) is 1. The van der Waals surface area contributed by atoms with Crippen molar-refractivity contribution in [3.63, 3.8) is 0 Å². The molecule has 138 valence electrons. The smallest absolute Gasteiger partial charge is 0.431 e. The number of alkyl halides is 3. The van der Waals surface area contributed by atoms with Gasteiger partial charge in [-0.15, -0.1) is 0 Å². The Labute approximate surface area is 149 Å². The van der Waals surface area contributed by atoms with Crippen LogP contribution in [0.5, 0.6) is 0 Å². The highest BCUT2D eigenvalue weighted by Gasteiger charge is 2.32. The van der Waals surface area contributed by atoms with Gasteiger partial charge < -0.3 is 14.5 Å². The monoisotopic (exact) mass is 376 g/mol. The van der Waals surface area contributed by atoms with E-state index in [1.165, 1.54) is 24.3 Å². The first-order valence-corrected chi connectivity index (χ1v) is 7.52. The average Bonchev–Trinajstić information content (AvgIpc) is 3.08. The van der Waals surface area contributed by atoms with E-state index in [0.29, 0.717) is 23.2 Å². The Hall–Kier alpha value is -3.62. The fraction of sp³-hybridized carbons (Fsp3) is 0.0556. The van der Waals surface area contributed by atoms with Gasteiger partial charge in [0.2, 0.25) is 0 Å². The maximum absolute atomic E-state index is 12.7. The lowest BCUT2D eigenvalue weighted by Crippen LogP contribution is -2.19. The molecular weight excluding hydrogens is 365 g/mol. The first kappa shape index (κ1) is 18.2. The molecule has 0 aliphatic rings. The molecule has 6 nitrogen and oxygen atoms in total. The summed E-state index contributed by atoms with van der Waals surface area (Å²) in [6.07, 6.45) is -2.13. The van der Waals surface area contributed by atoms with Gasteiger partial charge in [-0.3, -0.25) is 0 Å². The van der Waals surface area contributed by atoms with E-state index in [-0.39, 0.29) is 11.3 Å². The Morgan fingerprint density at radius 3 is 2.63 bits per heavy atom. The molecule has 27 heavy (non-hydrogen) atoms. The predicted octanol–water partition coefficient (Wildman–Crippen LogP) is 3.92. The van der Waals surface area contributed by atoms with Crippen LogP contribution in [0.3, 0.4) is 0 Å². The fourth-order valence-electron chi connectivity index (χ4n) is 2.29. The molecule has 0 aliphatic heterocycles. The number of aromatic amines is 1. The van der Waals surface area contributed by atoms with Crippen LogP contribution in [0, 0.1) is 0 Å². The van der Waals surface area contributed by atoms with Crippen LogP contribution in [-0.2, 0) is 6.18 Å². The van der Waals surface area contributed by atoms with Crippen molar-refractivity contribution in [3.8, 4) is 11.3 Å². The van der Waals surface area contributed by atoms with E-state index in [2.05, 4.69) is 4.98 Å². The van der Waals surface area contributed by atoms with Crippen molar-refractivity contribution in [3.05, 3.63) is 75.7 Å². The Morgan fingerprint density at radius 2 is 1.93 bits per heavy atom. The van der Waals surface area contributed by atoms with Gasteiger partial charge in [0.05, 0.1) is 11.3 Å². The third kappa shape index (κ3) is 4.32. The van der Waals surface area contributed by atoms with E-state index in [4.69, 9.17) is 9.52 Å². The van der Waals surface area contributed by atoms with Crippen molar-refractivity contribution in [1.82, 2.24) is 9.97 Å². The number of aromatic carboxylic acids is 1. The van der Waals surface area contributed by atoms with Gasteiger partial charge in [0.1, 0.15) is 17.2 Å². The lowest BCUT2D eigenvalue weighted by atomic mass is 10.1. The van der Waals surface area contributed by atoms with Gasteiger partial charge >= 0.3 is 17.8 Å². The number of benzene rings is 1. The van der Waals surface area contributed by atoms with Gasteiger partial charge in [0.25, 0.3) is 0 Å². The first-order chi connectivity index (χ1) is 12.7. The highest BCUT2D eigenvalue weighted by atomic mass is 19.4. The van der Waals surface area contributed by atoms with Crippen molar-refractivity contribution >= 4 is 18.1 Å². The topological polar surface area (TPSA) is 96.2 Å². The molecule has 2 aromatic heterocycles. The zero-order valence-corrected chi connectivity index (χ0v) is 13.4. The Balaban J connectivity index is 1.86. The van der Waals surface area contributed by atoms with Gasteiger partial charge in [0, 0.05) is 5.56 Å². The minimum absolute atomic E-state index is 0.0911. The largest absolute Gasteiger partial charge is 0.478 e. The first-order valence-electron chi connectivity index (χ1n) is 7.52. The number of carboxylic acids is 1. The molecule has 0 spiro atoms. The number of aromatic nitrogens is 2. The summed E-state index contributed by atoms with van der Waals surface area (Å²) in [7, 11) is 0. The maximum Gasteiger partial charge on any atom is 0.431 e. The van der Waals surface area contributed by atoms with Gasteiger partial charge in [-0.1, -0.05) is 12.1 Å². The molecule has 0 atom stereocenters. The molecule has 0 aliphatic carbocycles. The standard InChI is InChI=1S/C18H11F3N2O4/c19-18(20,21)15-9-12(22-17(26)23-15)4-5-13-6-7-14(27-13)10-2-1-3-11(8-10)16(24)25/h1-9H,(H,24,25)(H,22,23,26)/b5-4+. The molecule has 3 rings (SSSR count). The average molecular weight is 376 g/mol. The maximum atomic E-state index is 12.7. The van der Waals surface area contributed by atoms with Crippen LogP contribution in [0.4, 0.5) is 13.2 Å². The van der Waals surface area contributed by atoms with Crippen molar-refractivity contribution in [2.24, 2.45) is 0 Å². The molecule has 2 heterocycles. The van der Waals surface area contributed by atoms with Crippen molar-refractivity contribution in [2.75, 3.05) is 0 Å². The lowest BCUT2D eigenvalue weighted by Gasteiger charge is -2.05. The third-order valence-corrected chi connectivity index (χ3v) is 3.51. The Morgan fingerprint density at radius 1 is 1.15 bits per heavy atom. The van der Waals surface area contributed by atoms with Crippen molar-refractivity contribution < 1.29 is 27.5 Å². The van der Waals surface area contributed by atoms with Crippen LogP contribution < -0.4 is 5.69 Å². The number of furan rings is 1. The molecule has 1 aromatic carbocycles. The molecule has 0 saturated carbocycles. The van der Waals surface area contributed by atoms with Crippen LogP contribution in [0.25, 0.3) is 23.5 Å². The number of carbonyl (C=O) groups is 1. The minimum Gasteiger partial charge on any atom is -0.478 e. The molecule has 2 N–H and O–H groups in total. The number of rotatable bonds is 4. The molecule has 0 fully saturated rings.